The summed E-state index contributed by atoms with van der Waals surface area (Å²) in [7, 11) is -4.45. The van der Waals surface area contributed by atoms with Gasteiger partial charge < -0.3 is 10.2 Å². The van der Waals surface area contributed by atoms with Crippen molar-refractivity contribution in [3.8, 4) is 5.75 Å². The molecule has 0 aliphatic heterocycles. The Bertz CT molecular complexity index is 480. The van der Waals surface area contributed by atoms with Gasteiger partial charge in [-0.3, -0.25) is 4.55 Å². The summed E-state index contributed by atoms with van der Waals surface area (Å²) in [6, 6.07) is 2.46. The average Bonchev–Trinajstić information content (AvgIpc) is 2.02. The molecule has 6 nitrogen and oxygen atoms in total. The number of hydrogen-bond donors (Lipinski definition) is 3. The topological polar surface area (TPSA) is 112 Å². The zero-order valence-corrected chi connectivity index (χ0v) is 7.52. The number of carbonyl (C=O) groups is 1. The van der Waals surface area contributed by atoms with Gasteiger partial charge in [-0.25, -0.2) is 4.79 Å². The van der Waals surface area contributed by atoms with Gasteiger partial charge in [-0.15, -0.1) is 0 Å². The number of hydrogen-bond acceptors (Lipinski definition) is 4. The zero-order valence-electron chi connectivity index (χ0n) is 6.71. The van der Waals surface area contributed by atoms with E-state index in [0.717, 1.165) is 12.1 Å². The zero-order chi connectivity index (χ0) is 10.9. The normalized spacial score (nSPS) is 10.5. The number of aromatic carboxylic acids is 1. The first-order valence-corrected chi connectivity index (χ1v) is 4.80. The summed E-state index contributed by atoms with van der Waals surface area (Å²) >= 11 is 0. The van der Waals surface area contributed by atoms with Crippen molar-refractivity contribution in [2.45, 2.75) is 4.90 Å². The van der Waals surface area contributed by atoms with E-state index in [1.165, 1.54) is 0 Å². The molecule has 0 fully saturated rings. The first-order chi connectivity index (χ1) is 6.32. The van der Waals surface area contributed by atoms with Crippen LogP contribution >= 0.6 is 0 Å². The standard InChI is InChI=1S/C7H6O6S.Na.H/c8-6-2-1-4(14(11,12)13)3-5(6)7(9)10;;/h1-3,8H,(H,9,10)(H,11,12,13);;. The van der Waals surface area contributed by atoms with Crippen LogP contribution in [0.2, 0.25) is 0 Å². The van der Waals surface area contributed by atoms with Crippen molar-refractivity contribution in [2.24, 2.45) is 0 Å². The van der Waals surface area contributed by atoms with Crippen LogP contribution in [0.1, 0.15) is 10.4 Å². The van der Waals surface area contributed by atoms with Crippen molar-refractivity contribution in [3.05, 3.63) is 23.8 Å². The number of carboxylic acids is 1. The Morgan fingerprint density at radius 3 is 2.20 bits per heavy atom. The van der Waals surface area contributed by atoms with Crippen LogP contribution in [0.25, 0.3) is 0 Å². The molecule has 0 unspecified atom stereocenters. The molecule has 8 heteroatoms. The van der Waals surface area contributed by atoms with Crippen LogP contribution in [0.3, 0.4) is 0 Å². The van der Waals surface area contributed by atoms with E-state index in [4.69, 9.17) is 14.8 Å². The van der Waals surface area contributed by atoms with E-state index in [2.05, 4.69) is 0 Å². The molecule has 0 aliphatic carbocycles. The molecule has 78 valence electrons. The fourth-order valence-corrected chi connectivity index (χ4v) is 1.35. The summed E-state index contributed by atoms with van der Waals surface area (Å²) in [6.45, 7) is 0. The van der Waals surface area contributed by atoms with Crippen molar-refractivity contribution in [3.63, 3.8) is 0 Å². The molecule has 0 radical (unpaired) electrons. The molecule has 0 bridgehead atoms. The van der Waals surface area contributed by atoms with Crippen molar-refractivity contribution in [1.82, 2.24) is 0 Å². The first-order valence-electron chi connectivity index (χ1n) is 3.36. The molecule has 0 aromatic heterocycles. The Morgan fingerprint density at radius 1 is 1.27 bits per heavy atom. The maximum atomic E-state index is 10.6. The SMILES string of the molecule is O=C(O)c1cc(S(=O)(=O)O)ccc1O.[NaH]. The second-order valence-corrected chi connectivity index (χ2v) is 3.88. The number of carboxylic acid groups (broad SMARTS) is 1. The van der Waals surface area contributed by atoms with Crippen LogP contribution in [-0.2, 0) is 10.1 Å². The number of phenols is 1. The minimum absolute atomic E-state index is 0. The van der Waals surface area contributed by atoms with Crippen molar-refractivity contribution < 1.29 is 28.0 Å². The second-order valence-electron chi connectivity index (χ2n) is 2.46. The summed E-state index contributed by atoms with van der Waals surface area (Å²) in [6.07, 6.45) is 0. The Morgan fingerprint density at radius 2 is 1.80 bits per heavy atom. The molecule has 0 amide bonds. The maximum absolute atomic E-state index is 10.6. The molecule has 15 heavy (non-hydrogen) atoms. The molecule has 0 aliphatic rings. The Hall–Kier alpha value is -0.600. The summed E-state index contributed by atoms with van der Waals surface area (Å²) < 4.78 is 29.8. The third kappa shape index (κ3) is 3.47. The molecular formula is C7H7NaO6S. The molecule has 0 saturated heterocycles. The van der Waals surface area contributed by atoms with Gasteiger partial charge in [-0.2, -0.15) is 8.42 Å². The molecule has 1 aromatic rings. The summed E-state index contributed by atoms with van der Waals surface area (Å²) in [5.41, 5.74) is -0.583. The predicted octanol–water partition coefficient (Wildman–Crippen LogP) is -0.311. The van der Waals surface area contributed by atoms with Gasteiger partial charge >= 0.3 is 35.5 Å². The van der Waals surface area contributed by atoms with E-state index >= 15 is 0 Å². The van der Waals surface area contributed by atoms with E-state index in [-0.39, 0.29) is 29.6 Å². The van der Waals surface area contributed by atoms with Crippen LogP contribution in [0, 0.1) is 0 Å². The average molecular weight is 242 g/mol. The van der Waals surface area contributed by atoms with Crippen LogP contribution in [0.5, 0.6) is 5.75 Å². The van der Waals surface area contributed by atoms with Gasteiger partial charge in [0, 0.05) is 0 Å². The van der Waals surface area contributed by atoms with E-state index in [9.17, 15) is 13.2 Å². The van der Waals surface area contributed by atoms with Gasteiger partial charge in [0.25, 0.3) is 10.1 Å². The predicted molar refractivity (Wildman–Crippen MR) is 52.0 cm³/mol. The van der Waals surface area contributed by atoms with Gasteiger partial charge in [0.05, 0.1) is 4.90 Å². The molecule has 1 aromatic carbocycles. The number of aromatic hydroxyl groups is 1. The van der Waals surface area contributed by atoms with E-state index in [1.807, 2.05) is 0 Å². The van der Waals surface area contributed by atoms with Crippen molar-refractivity contribution >= 4 is 45.6 Å². The molecule has 1 rings (SSSR count). The van der Waals surface area contributed by atoms with Crippen LogP contribution in [-0.4, -0.2) is 58.7 Å². The van der Waals surface area contributed by atoms with Crippen molar-refractivity contribution in [1.29, 1.82) is 0 Å². The summed E-state index contributed by atoms with van der Waals surface area (Å²) in [5, 5.41) is 17.5. The molecular weight excluding hydrogens is 235 g/mol. The molecule has 0 saturated carbocycles. The quantitative estimate of drug-likeness (QED) is 0.484. The van der Waals surface area contributed by atoms with Gasteiger partial charge in [0.15, 0.2) is 0 Å². The molecule has 0 spiro atoms. The monoisotopic (exact) mass is 242 g/mol. The van der Waals surface area contributed by atoms with Crippen LogP contribution in [0.15, 0.2) is 23.1 Å². The fourth-order valence-electron chi connectivity index (χ4n) is 0.847. The molecule has 0 atom stereocenters. The van der Waals surface area contributed by atoms with Gasteiger partial charge in [0.2, 0.25) is 0 Å². The third-order valence-corrected chi connectivity index (χ3v) is 2.35. The third-order valence-electron chi connectivity index (χ3n) is 1.50. The second kappa shape index (κ2) is 4.95. The van der Waals surface area contributed by atoms with Gasteiger partial charge in [0.1, 0.15) is 11.3 Å². The number of rotatable bonds is 2. The number of benzene rings is 1. The van der Waals surface area contributed by atoms with Crippen molar-refractivity contribution in [2.75, 3.05) is 0 Å². The minimum atomic E-state index is -4.45. The Balaban J connectivity index is 0.00000196. The van der Waals surface area contributed by atoms with E-state index < -0.39 is 32.3 Å². The fraction of sp³-hybridized carbons (Fsp3) is 0. The van der Waals surface area contributed by atoms with E-state index in [0.29, 0.717) is 6.07 Å². The van der Waals surface area contributed by atoms with Crippen LogP contribution in [0.4, 0.5) is 0 Å². The Kier molecular flexibility index (Phi) is 4.75. The van der Waals surface area contributed by atoms with E-state index in [1.54, 1.807) is 0 Å². The summed E-state index contributed by atoms with van der Waals surface area (Å²) in [5.74, 6) is -2.04. The molecule has 3 N–H and O–H groups in total. The summed E-state index contributed by atoms with van der Waals surface area (Å²) in [4.78, 5) is 9.89. The van der Waals surface area contributed by atoms with Gasteiger partial charge in [-0.1, -0.05) is 0 Å². The van der Waals surface area contributed by atoms with Crippen LogP contribution < -0.4 is 0 Å². The first kappa shape index (κ1) is 14.4. The molecule has 0 heterocycles. The Labute approximate surface area is 108 Å². The van der Waals surface area contributed by atoms with Gasteiger partial charge in [-0.05, 0) is 18.2 Å².